The van der Waals surface area contributed by atoms with Gasteiger partial charge in [0.15, 0.2) is 17.5 Å². The van der Waals surface area contributed by atoms with Gasteiger partial charge >= 0.3 is 0 Å². The van der Waals surface area contributed by atoms with Gasteiger partial charge in [-0.1, -0.05) is 151 Å². The van der Waals surface area contributed by atoms with E-state index in [0.717, 1.165) is 6.07 Å². The molecule has 2 heterocycles. The predicted molar refractivity (Wildman–Crippen MR) is 217 cm³/mol. The van der Waals surface area contributed by atoms with Crippen molar-refractivity contribution in [1.82, 2.24) is 15.0 Å². The minimum atomic E-state index is -0.851. The van der Waals surface area contributed by atoms with Crippen molar-refractivity contribution in [1.29, 1.82) is 0 Å². The smallest absolute Gasteiger partial charge is 0.164 e. The SMILES string of the molecule is [2H]c1c([2H])c([2H])c(-c2cc(-c3c([2H])c([2H])c([2H])c([2H])c3[2H])c([2H])c(-c3c([2H])c4c(oc5c([2H])c(-c6nc(-c7ccccc7)nc(-c7ccccc7)n6)c([2H])c([2H])c54)c4c([2H])c([2H])c([2H])c([2H])c34)c2[2H])c([2H])c1[2H]. The summed E-state index contributed by atoms with van der Waals surface area (Å²) < 4.78 is 187. The van der Waals surface area contributed by atoms with Gasteiger partial charge in [-0.15, -0.1) is 0 Å². The van der Waals surface area contributed by atoms with Crippen LogP contribution in [0.25, 0.3) is 100 Å². The summed E-state index contributed by atoms with van der Waals surface area (Å²) in [5, 5.41) is -1.80. The molecule has 0 aliphatic carbocycles. The Hall–Kier alpha value is -7.17. The summed E-state index contributed by atoms with van der Waals surface area (Å²) in [4.78, 5) is 14.0. The van der Waals surface area contributed by atoms with E-state index in [-0.39, 0.29) is 28.4 Å². The number of fused-ring (bicyclic) bond motifs is 5. The highest BCUT2D eigenvalue weighted by Crippen LogP contribution is 2.42. The van der Waals surface area contributed by atoms with Crippen molar-refractivity contribution in [2.45, 2.75) is 0 Å². The van der Waals surface area contributed by atoms with Crippen molar-refractivity contribution < 1.29 is 31.8 Å². The van der Waals surface area contributed by atoms with Crippen LogP contribution in [0.1, 0.15) is 27.4 Å². The van der Waals surface area contributed by atoms with E-state index in [9.17, 15) is 11.0 Å². The number of furan rings is 1. The maximum atomic E-state index is 10.0. The molecule has 0 saturated carbocycles. The molecule has 4 heteroatoms. The summed E-state index contributed by atoms with van der Waals surface area (Å²) >= 11 is 0. The largest absolute Gasteiger partial charge is 0.455 e. The molecule has 10 aromatic rings. The van der Waals surface area contributed by atoms with Gasteiger partial charge in [-0.05, 0) is 75.0 Å². The average molecular weight is 698 g/mol. The molecular formula is C49H31N3O. The van der Waals surface area contributed by atoms with Gasteiger partial charge in [0.05, 0.1) is 27.4 Å². The Bertz CT molecular complexity index is 3880. The molecule has 10 rings (SSSR count). The van der Waals surface area contributed by atoms with Crippen molar-refractivity contribution in [3.8, 4) is 67.5 Å². The molecule has 53 heavy (non-hydrogen) atoms. The van der Waals surface area contributed by atoms with E-state index in [1.165, 1.54) is 0 Å². The van der Waals surface area contributed by atoms with E-state index in [2.05, 4.69) is 15.0 Å². The van der Waals surface area contributed by atoms with E-state index < -0.39 is 182 Å². The molecule has 0 unspecified atom stereocenters. The van der Waals surface area contributed by atoms with Crippen LogP contribution in [0.4, 0.5) is 0 Å². The van der Waals surface area contributed by atoms with Gasteiger partial charge in [-0.2, -0.15) is 0 Å². The van der Waals surface area contributed by atoms with Crippen LogP contribution in [-0.2, 0) is 0 Å². The van der Waals surface area contributed by atoms with Crippen LogP contribution in [-0.4, -0.2) is 15.0 Å². The van der Waals surface area contributed by atoms with Gasteiger partial charge in [0.1, 0.15) is 11.2 Å². The number of benzene rings is 8. The Morgan fingerprint density at radius 1 is 0.377 bits per heavy atom. The lowest BCUT2D eigenvalue weighted by atomic mass is 9.90. The van der Waals surface area contributed by atoms with E-state index in [1.54, 1.807) is 60.7 Å². The fourth-order valence-corrected chi connectivity index (χ4v) is 5.96. The van der Waals surface area contributed by atoms with Gasteiger partial charge in [-0.25, -0.2) is 15.0 Å². The summed E-state index contributed by atoms with van der Waals surface area (Å²) in [6, 6.07) is 2.65. The predicted octanol–water partition coefficient (Wildman–Crippen LogP) is 12.9. The zero-order chi connectivity index (χ0) is 52.5. The average Bonchev–Trinajstić information content (AvgIpc) is 3.80. The minimum Gasteiger partial charge on any atom is -0.455 e. The highest BCUT2D eigenvalue weighted by molar-refractivity contribution is 6.19. The lowest BCUT2D eigenvalue weighted by molar-refractivity contribution is 0.673. The number of hydrogen-bond donors (Lipinski definition) is 0. The zero-order valence-electron chi connectivity index (χ0n) is 47.1. The highest BCUT2D eigenvalue weighted by Gasteiger charge is 2.18. The summed E-state index contributed by atoms with van der Waals surface area (Å²) in [5.74, 6) is 0.107. The Kier molecular flexibility index (Phi) is 3.99. The van der Waals surface area contributed by atoms with Crippen molar-refractivity contribution in [3.05, 3.63) is 188 Å². The standard InChI is InChI=1S/C49H31N3O/c1-5-15-32(16-6-1)37-27-38(33-17-7-2-8-18-33)29-39(28-37)43-31-44-41-26-25-36(30-45(41)53-46(44)42-24-14-13-23-40(42)43)49-51-47(34-19-9-3-10-20-34)50-48(52-49)35-21-11-4-12-22-35/h1-31H/i1D,2D,5D,6D,7D,8D,13D,14D,15D,16D,17D,18D,23D,24D,25D,26D,28D,29D,30D,31D. The Balaban J connectivity index is 1.39. The summed E-state index contributed by atoms with van der Waals surface area (Å²) in [6.07, 6.45) is 0. The fourth-order valence-electron chi connectivity index (χ4n) is 5.96. The molecule has 2 aromatic heterocycles. The molecule has 0 spiro atoms. The first-order chi connectivity index (χ1) is 34.6. The fraction of sp³-hybridized carbons (Fsp3) is 0. The molecule has 0 atom stereocenters. The number of nitrogens with zero attached hydrogens (tertiary/aromatic N) is 3. The van der Waals surface area contributed by atoms with Crippen molar-refractivity contribution in [2.75, 3.05) is 0 Å². The lowest BCUT2D eigenvalue weighted by Crippen LogP contribution is -2.00. The van der Waals surface area contributed by atoms with Gasteiger partial charge in [0.25, 0.3) is 0 Å². The van der Waals surface area contributed by atoms with E-state index in [0.29, 0.717) is 11.1 Å². The number of hydrogen-bond acceptors (Lipinski definition) is 4. The van der Waals surface area contributed by atoms with Crippen LogP contribution in [0.15, 0.2) is 192 Å². The second kappa shape index (κ2) is 12.9. The maximum absolute atomic E-state index is 10.0. The van der Waals surface area contributed by atoms with Gasteiger partial charge in [0, 0.05) is 32.8 Å². The molecular weight excluding hydrogens is 647 g/mol. The van der Waals surface area contributed by atoms with Crippen LogP contribution in [0, 0.1) is 0 Å². The number of rotatable bonds is 6. The number of aromatic nitrogens is 3. The van der Waals surface area contributed by atoms with Gasteiger partial charge < -0.3 is 4.42 Å². The molecule has 0 bridgehead atoms. The molecule has 0 aliphatic heterocycles. The van der Waals surface area contributed by atoms with Crippen LogP contribution in [0.5, 0.6) is 0 Å². The Morgan fingerprint density at radius 2 is 0.906 bits per heavy atom. The Morgan fingerprint density at radius 3 is 1.49 bits per heavy atom. The molecule has 0 saturated heterocycles. The molecule has 248 valence electrons. The van der Waals surface area contributed by atoms with E-state index in [1.807, 2.05) is 0 Å². The third-order valence-electron chi connectivity index (χ3n) is 8.39. The van der Waals surface area contributed by atoms with Crippen LogP contribution < -0.4 is 0 Å². The second-order valence-corrected chi connectivity index (χ2v) is 11.6. The van der Waals surface area contributed by atoms with Crippen LogP contribution in [0.2, 0.25) is 0 Å². The van der Waals surface area contributed by atoms with Crippen molar-refractivity contribution >= 4 is 32.7 Å². The first-order valence-corrected chi connectivity index (χ1v) is 16.1. The normalized spacial score (nSPS) is 16.7. The third-order valence-corrected chi connectivity index (χ3v) is 8.39. The third kappa shape index (κ3) is 5.63. The van der Waals surface area contributed by atoms with E-state index in [4.69, 9.17) is 20.9 Å². The monoisotopic (exact) mass is 697 g/mol. The van der Waals surface area contributed by atoms with Crippen molar-refractivity contribution in [2.24, 2.45) is 0 Å². The topological polar surface area (TPSA) is 51.8 Å². The minimum absolute atomic E-state index is 0.158. The van der Waals surface area contributed by atoms with Gasteiger partial charge in [-0.3, -0.25) is 0 Å². The molecule has 0 aliphatic rings. The van der Waals surface area contributed by atoms with Crippen LogP contribution >= 0.6 is 0 Å². The first-order valence-electron chi connectivity index (χ1n) is 26.1. The lowest BCUT2D eigenvalue weighted by Gasteiger charge is -2.13. The molecule has 4 nitrogen and oxygen atoms in total. The summed E-state index contributed by atoms with van der Waals surface area (Å²) in [6.45, 7) is 0. The highest BCUT2D eigenvalue weighted by atomic mass is 16.3. The summed E-state index contributed by atoms with van der Waals surface area (Å²) in [7, 11) is 0. The molecule has 8 aromatic carbocycles. The molecule has 0 amide bonds. The van der Waals surface area contributed by atoms with Crippen LogP contribution in [0.3, 0.4) is 0 Å². The van der Waals surface area contributed by atoms with Crippen molar-refractivity contribution in [3.63, 3.8) is 0 Å². The second-order valence-electron chi connectivity index (χ2n) is 11.6. The molecule has 0 fully saturated rings. The van der Waals surface area contributed by atoms with E-state index >= 15 is 0 Å². The molecule has 0 radical (unpaired) electrons. The molecule has 0 N–H and O–H groups in total. The quantitative estimate of drug-likeness (QED) is 0.174. The Labute approximate surface area is 334 Å². The maximum Gasteiger partial charge on any atom is 0.164 e. The van der Waals surface area contributed by atoms with Gasteiger partial charge in [0.2, 0.25) is 0 Å². The zero-order valence-corrected chi connectivity index (χ0v) is 27.1. The summed E-state index contributed by atoms with van der Waals surface area (Å²) in [5.41, 5.74) is -3.79. The first kappa shape index (κ1) is 16.4.